The fourth-order valence-corrected chi connectivity index (χ4v) is 3.25. The van der Waals surface area contributed by atoms with Gasteiger partial charge in [-0.1, -0.05) is 17.4 Å². The Hall–Kier alpha value is -1.04. The van der Waals surface area contributed by atoms with Gasteiger partial charge in [-0.05, 0) is 42.5 Å². The summed E-state index contributed by atoms with van der Waals surface area (Å²) in [6, 6.07) is 6.39. The summed E-state index contributed by atoms with van der Waals surface area (Å²) in [5, 5.41) is 4.16. The van der Waals surface area contributed by atoms with E-state index in [-0.39, 0.29) is 0 Å². The minimum Gasteiger partial charge on any atom is -0.217 e. The molecule has 3 rings (SSSR count). The molecule has 0 aliphatic carbocycles. The lowest BCUT2D eigenvalue weighted by Gasteiger charge is -2.04. The number of thioether (sulfide) groups is 1. The number of fused-ring (bicyclic) bond motifs is 1. The molecule has 3 nitrogen and oxygen atoms in total. The Morgan fingerprint density at radius 2 is 2.22 bits per heavy atom. The average Bonchev–Trinajstić information content (AvgIpc) is 2.85. The Kier molecular flexibility index (Phi) is 3.05. The number of aryl methyl sites for hydroxylation is 1. The second-order valence-electron chi connectivity index (χ2n) is 3.89. The van der Waals surface area contributed by atoms with E-state index in [2.05, 4.69) is 41.5 Å². The number of benzene rings is 1. The second-order valence-corrected chi connectivity index (χ2v) is 6.31. The minimum absolute atomic E-state index is 0.513. The molecule has 0 amide bonds. The van der Waals surface area contributed by atoms with Crippen molar-refractivity contribution in [1.29, 1.82) is 0 Å². The molecule has 0 bridgehead atoms. The van der Waals surface area contributed by atoms with Crippen LogP contribution in [0.25, 0.3) is 16.2 Å². The number of aromatic nitrogens is 3. The van der Waals surface area contributed by atoms with Crippen LogP contribution in [0, 0.1) is 6.92 Å². The van der Waals surface area contributed by atoms with Crippen LogP contribution in [0.2, 0.25) is 4.47 Å². The van der Waals surface area contributed by atoms with Crippen molar-refractivity contribution in [1.82, 2.24) is 14.6 Å². The third-order valence-electron chi connectivity index (χ3n) is 2.73. The molecular formula is C12H10ClN3S2. The van der Waals surface area contributed by atoms with Gasteiger partial charge in [-0.2, -0.15) is 0 Å². The second kappa shape index (κ2) is 4.57. The molecule has 1 aromatic carbocycles. The summed E-state index contributed by atoms with van der Waals surface area (Å²) >= 11 is 8.96. The summed E-state index contributed by atoms with van der Waals surface area (Å²) in [6.07, 6.45) is 3.99. The van der Waals surface area contributed by atoms with Crippen molar-refractivity contribution in [3.8, 4) is 11.3 Å². The van der Waals surface area contributed by atoms with Gasteiger partial charge in [0.15, 0.2) is 0 Å². The van der Waals surface area contributed by atoms with Crippen molar-refractivity contribution in [2.75, 3.05) is 6.26 Å². The van der Waals surface area contributed by atoms with E-state index < -0.39 is 0 Å². The quantitative estimate of drug-likeness (QED) is 0.666. The third-order valence-corrected chi connectivity index (χ3v) is 4.47. The monoisotopic (exact) mass is 295 g/mol. The number of imidazole rings is 1. The van der Waals surface area contributed by atoms with Crippen molar-refractivity contribution in [2.24, 2.45) is 0 Å². The van der Waals surface area contributed by atoms with Crippen LogP contribution in [0.15, 0.2) is 29.3 Å². The van der Waals surface area contributed by atoms with E-state index in [1.807, 2.05) is 6.20 Å². The van der Waals surface area contributed by atoms with E-state index in [9.17, 15) is 0 Å². The van der Waals surface area contributed by atoms with Crippen LogP contribution in [0.1, 0.15) is 5.56 Å². The normalized spacial score (nSPS) is 11.3. The molecule has 3 aromatic rings. The fourth-order valence-electron chi connectivity index (χ4n) is 1.86. The predicted octanol–water partition coefficient (Wildman–Crippen LogP) is 4.14. The molecule has 0 atom stereocenters. The Labute approximate surface area is 118 Å². The van der Waals surface area contributed by atoms with Crippen molar-refractivity contribution in [2.45, 2.75) is 11.8 Å². The Morgan fingerprint density at radius 1 is 1.39 bits per heavy atom. The SMILES string of the molecule is CSc1ccc(-c2cn3nc(Cl)sc3n2)c(C)c1. The predicted molar refractivity (Wildman–Crippen MR) is 77.8 cm³/mol. The first kappa shape index (κ1) is 12.0. The van der Waals surface area contributed by atoms with Gasteiger partial charge in [0.2, 0.25) is 9.43 Å². The van der Waals surface area contributed by atoms with Crippen LogP contribution < -0.4 is 0 Å². The van der Waals surface area contributed by atoms with Crippen LogP contribution in [-0.2, 0) is 0 Å². The number of halogens is 1. The molecule has 0 aliphatic heterocycles. The van der Waals surface area contributed by atoms with Crippen LogP contribution in [0.4, 0.5) is 0 Å². The fraction of sp³-hybridized carbons (Fsp3) is 0.167. The van der Waals surface area contributed by atoms with E-state index >= 15 is 0 Å². The molecule has 0 saturated carbocycles. The van der Waals surface area contributed by atoms with E-state index in [0.717, 1.165) is 16.2 Å². The first-order chi connectivity index (χ1) is 8.67. The largest absolute Gasteiger partial charge is 0.217 e. The van der Waals surface area contributed by atoms with E-state index in [1.165, 1.54) is 21.8 Å². The Balaban J connectivity index is 2.10. The number of rotatable bonds is 2. The van der Waals surface area contributed by atoms with Gasteiger partial charge < -0.3 is 0 Å². The van der Waals surface area contributed by atoms with Gasteiger partial charge in [0.25, 0.3) is 0 Å². The molecule has 0 radical (unpaired) electrons. The van der Waals surface area contributed by atoms with Gasteiger partial charge in [0, 0.05) is 10.5 Å². The summed E-state index contributed by atoms with van der Waals surface area (Å²) in [5.41, 5.74) is 3.30. The molecule has 18 heavy (non-hydrogen) atoms. The van der Waals surface area contributed by atoms with E-state index in [4.69, 9.17) is 11.6 Å². The van der Waals surface area contributed by atoms with E-state index in [1.54, 1.807) is 16.3 Å². The summed E-state index contributed by atoms with van der Waals surface area (Å²) in [6.45, 7) is 2.10. The maximum absolute atomic E-state index is 5.84. The lowest BCUT2D eigenvalue weighted by atomic mass is 10.1. The maximum atomic E-state index is 5.84. The zero-order chi connectivity index (χ0) is 12.7. The smallest absolute Gasteiger partial charge is 0.213 e. The highest BCUT2D eigenvalue weighted by atomic mass is 35.5. The molecule has 0 spiro atoms. The molecule has 2 heterocycles. The van der Waals surface area contributed by atoms with Gasteiger partial charge in [0.05, 0.1) is 11.9 Å². The molecule has 0 aliphatic rings. The van der Waals surface area contributed by atoms with Gasteiger partial charge in [0.1, 0.15) is 0 Å². The van der Waals surface area contributed by atoms with Crippen molar-refractivity contribution in [3.63, 3.8) is 0 Å². The highest BCUT2D eigenvalue weighted by Crippen LogP contribution is 2.28. The molecule has 6 heteroatoms. The van der Waals surface area contributed by atoms with Gasteiger partial charge >= 0.3 is 0 Å². The topological polar surface area (TPSA) is 30.2 Å². The molecule has 0 N–H and O–H groups in total. The van der Waals surface area contributed by atoms with Crippen molar-refractivity contribution < 1.29 is 0 Å². The van der Waals surface area contributed by atoms with Gasteiger partial charge in [-0.25, -0.2) is 9.50 Å². The first-order valence-corrected chi connectivity index (χ1v) is 7.76. The molecule has 2 aromatic heterocycles. The highest BCUT2D eigenvalue weighted by molar-refractivity contribution is 7.98. The van der Waals surface area contributed by atoms with Gasteiger partial charge in [-0.3, -0.25) is 0 Å². The number of nitrogens with zero attached hydrogens (tertiary/aromatic N) is 3. The summed E-state index contributed by atoms with van der Waals surface area (Å²) < 4.78 is 2.24. The standard InChI is InChI=1S/C12H10ClN3S2/c1-7-5-8(17-2)3-4-9(7)10-6-16-12(14-10)18-11(13)15-16/h3-6H,1-2H3. The van der Waals surface area contributed by atoms with E-state index in [0.29, 0.717) is 4.47 Å². The zero-order valence-corrected chi connectivity index (χ0v) is 12.2. The lowest BCUT2D eigenvalue weighted by Crippen LogP contribution is -1.84. The molecular weight excluding hydrogens is 286 g/mol. The molecule has 92 valence electrons. The zero-order valence-electron chi connectivity index (χ0n) is 9.85. The van der Waals surface area contributed by atoms with Gasteiger partial charge in [-0.15, -0.1) is 16.9 Å². The summed E-state index contributed by atoms with van der Waals surface area (Å²) in [5.74, 6) is 0. The highest BCUT2D eigenvalue weighted by Gasteiger charge is 2.10. The number of hydrogen-bond donors (Lipinski definition) is 0. The molecule has 0 saturated heterocycles. The Morgan fingerprint density at radius 3 is 2.89 bits per heavy atom. The third kappa shape index (κ3) is 2.02. The first-order valence-electron chi connectivity index (χ1n) is 5.34. The van der Waals surface area contributed by atoms with Crippen LogP contribution in [-0.4, -0.2) is 20.9 Å². The van der Waals surface area contributed by atoms with Crippen LogP contribution in [0.5, 0.6) is 0 Å². The number of hydrogen-bond acceptors (Lipinski definition) is 4. The Bertz CT molecular complexity index is 686. The molecule has 0 unspecified atom stereocenters. The van der Waals surface area contributed by atoms with Crippen molar-refractivity contribution >= 4 is 39.7 Å². The van der Waals surface area contributed by atoms with Crippen LogP contribution in [0.3, 0.4) is 0 Å². The molecule has 0 fully saturated rings. The van der Waals surface area contributed by atoms with Crippen LogP contribution >= 0.6 is 34.7 Å². The van der Waals surface area contributed by atoms with Crippen molar-refractivity contribution in [3.05, 3.63) is 34.4 Å². The lowest BCUT2D eigenvalue weighted by molar-refractivity contribution is 0.974. The summed E-state index contributed by atoms with van der Waals surface area (Å²) in [4.78, 5) is 6.63. The maximum Gasteiger partial charge on any atom is 0.213 e. The average molecular weight is 296 g/mol. The summed E-state index contributed by atoms with van der Waals surface area (Å²) in [7, 11) is 0. The minimum atomic E-state index is 0.513.